The Morgan fingerprint density at radius 2 is 2.06 bits per heavy atom. The van der Waals surface area contributed by atoms with E-state index in [1.165, 1.54) is 0 Å². The maximum Gasteiger partial charge on any atom is 0.160 e. The van der Waals surface area contributed by atoms with Crippen LogP contribution in [-0.2, 0) is 7.05 Å². The molecule has 5 nitrogen and oxygen atoms in total. The largest absolute Gasteiger partial charge is 0.399 e. The van der Waals surface area contributed by atoms with Crippen molar-refractivity contribution in [2.24, 2.45) is 7.05 Å². The van der Waals surface area contributed by atoms with E-state index >= 15 is 0 Å². The Balaban J connectivity index is 2.24. The molecule has 3 rings (SSSR count). The van der Waals surface area contributed by atoms with Crippen LogP contribution in [0, 0.1) is 6.92 Å². The van der Waals surface area contributed by atoms with Crippen molar-refractivity contribution in [2.75, 3.05) is 5.73 Å². The molecule has 5 heteroatoms. The molecule has 2 aromatic heterocycles. The predicted octanol–water partition coefficient (Wildman–Crippen LogP) is 1.65. The summed E-state index contributed by atoms with van der Waals surface area (Å²) in [5.41, 5.74) is 9.46. The van der Waals surface area contributed by atoms with Crippen LogP contribution in [0.25, 0.3) is 16.9 Å². The van der Waals surface area contributed by atoms with Crippen molar-refractivity contribution in [2.45, 2.75) is 6.92 Å². The number of aryl methyl sites for hydroxylation is 2. The molecule has 3 aromatic rings. The lowest BCUT2D eigenvalue weighted by atomic mass is 10.3. The summed E-state index contributed by atoms with van der Waals surface area (Å²) >= 11 is 0. The van der Waals surface area contributed by atoms with Crippen LogP contribution in [0.4, 0.5) is 5.69 Å². The van der Waals surface area contributed by atoms with Gasteiger partial charge in [0.1, 0.15) is 6.33 Å². The molecule has 0 fully saturated rings. The van der Waals surface area contributed by atoms with Crippen LogP contribution in [0.2, 0.25) is 0 Å². The number of nitrogens with two attached hydrogens (primary N) is 1. The summed E-state index contributed by atoms with van der Waals surface area (Å²) in [4.78, 5) is 4.33. The third kappa shape index (κ3) is 1.47. The molecule has 86 valence electrons. The minimum atomic E-state index is 0.722. The number of benzene rings is 1. The molecule has 0 unspecified atom stereocenters. The standard InChI is InChI=1S/C12H13N5/c1-8-5-12(15-16(8)2)17-7-14-10-6-9(13)3-4-11(10)17/h3-7H,13H2,1-2H3. The van der Waals surface area contributed by atoms with E-state index in [-0.39, 0.29) is 0 Å². The van der Waals surface area contributed by atoms with Crippen LogP contribution >= 0.6 is 0 Å². The third-order valence-electron chi connectivity index (χ3n) is 2.92. The van der Waals surface area contributed by atoms with Gasteiger partial charge in [-0.15, -0.1) is 0 Å². The molecule has 0 spiro atoms. The number of hydrogen-bond acceptors (Lipinski definition) is 3. The van der Waals surface area contributed by atoms with E-state index < -0.39 is 0 Å². The maximum atomic E-state index is 5.73. The lowest BCUT2D eigenvalue weighted by molar-refractivity contribution is 0.729. The Kier molecular flexibility index (Phi) is 1.95. The van der Waals surface area contributed by atoms with Gasteiger partial charge in [0.2, 0.25) is 0 Å². The van der Waals surface area contributed by atoms with E-state index in [9.17, 15) is 0 Å². The second-order valence-corrected chi connectivity index (χ2v) is 4.13. The molecule has 0 radical (unpaired) electrons. The first-order valence-corrected chi connectivity index (χ1v) is 5.39. The summed E-state index contributed by atoms with van der Waals surface area (Å²) in [6.45, 7) is 2.02. The fourth-order valence-corrected chi connectivity index (χ4v) is 1.87. The van der Waals surface area contributed by atoms with Gasteiger partial charge in [0.05, 0.1) is 11.0 Å². The highest BCUT2D eigenvalue weighted by Gasteiger charge is 2.08. The average molecular weight is 227 g/mol. The topological polar surface area (TPSA) is 61.7 Å². The quantitative estimate of drug-likeness (QED) is 0.643. The van der Waals surface area contributed by atoms with Gasteiger partial charge in [0.15, 0.2) is 5.82 Å². The number of anilines is 1. The Morgan fingerprint density at radius 1 is 1.24 bits per heavy atom. The fourth-order valence-electron chi connectivity index (χ4n) is 1.87. The first-order chi connectivity index (χ1) is 8.15. The smallest absolute Gasteiger partial charge is 0.160 e. The van der Waals surface area contributed by atoms with Gasteiger partial charge in [-0.2, -0.15) is 5.10 Å². The summed E-state index contributed by atoms with van der Waals surface area (Å²) in [6.07, 6.45) is 1.77. The van der Waals surface area contributed by atoms with Crippen LogP contribution < -0.4 is 5.73 Å². The third-order valence-corrected chi connectivity index (χ3v) is 2.92. The molecule has 0 aliphatic rings. The summed E-state index contributed by atoms with van der Waals surface area (Å²) in [5, 5.41) is 4.43. The molecule has 0 saturated carbocycles. The Hall–Kier alpha value is -2.30. The SMILES string of the molecule is Cc1cc(-n2cnc3cc(N)ccc32)nn1C. The van der Waals surface area contributed by atoms with Gasteiger partial charge in [0, 0.05) is 24.5 Å². The van der Waals surface area contributed by atoms with Gasteiger partial charge < -0.3 is 5.73 Å². The lowest BCUT2D eigenvalue weighted by Gasteiger charge is -1.99. The molecule has 0 saturated heterocycles. The van der Waals surface area contributed by atoms with Gasteiger partial charge in [-0.25, -0.2) is 4.98 Å². The van der Waals surface area contributed by atoms with Crippen molar-refractivity contribution >= 4 is 16.7 Å². The Bertz CT molecular complexity index is 673. The van der Waals surface area contributed by atoms with Crippen molar-refractivity contribution in [3.05, 3.63) is 36.3 Å². The van der Waals surface area contributed by atoms with Crippen LogP contribution in [0.15, 0.2) is 30.6 Å². The molecule has 0 aliphatic heterocycles. The lowest BCUT2D eigenvalue weighted by Crippen LogP contribution is -1.96. The first-order valence-electron chi connectivity index (χ1n) is 5.39. The van der Waals surface area contributed by atoms with Crippen LogP contribution in [0.5, 0.6) is 0 Å². The normalized spacial score (nSPS) is 11.2. The minimum absolute atomic E-state index is 0.722. The zero-order chi connectivity index (χ0) is 12.0. The summed E-state index contributed by atoms with van der Waals surface area (Å²) in [7, 11) is 1.93. The van der Waals surface area contributed by atoms with Gasteiger partial charge in [-0.3, -0.25) is 9.25 Å². The molecule has 17 heavy (non-hydrogen) atoms. The van der Waals surface area contributed by atoms with E-state index in [2.05, 4.69) is 10.1 Å². The molecule has 0 aliphatic carbocycles. The van der Waals surface area contributed by atoms with Crippen molar-refractivity contribution in [3.63, 3.8) is 0 Å². The number of rotatable bonds is 1. The van der Waals surface area contributed by atoms with Gasteiger partial charge >= 0.3 is 0 Å². The van der Waals surface area contributed by atoms with E-state index in [0.29, 0.717) is 0 Å². The summed E-state index contributed by atoms with van der Waals surface area (Å²) in [6, 6.07) is 7.72. The van der Waals surface area contributed by atoms with Crippen molar-refractivity contribution in [3.8, 4) is 5.82 Å². The van der Waals surface area contributed by atoms with Crippen LogP contribution in [0.1, 0.15) is 5.69 Å². The molecular weight excluding hydrogens is 214 g/mol. The zero-order valence-electron chi connectivity index (χ0n) is 9.75. The zero-order valence-corrected chi connectivity index (χ0v) is 9.75. The number of aromatic nitrogens is 4. The monoisotopic (exact) mass is 227 g/mol. The number of nitrogens with zero attached hydrogens (tertiary/aromatic N) is 4. The second kappa shape index (κ2) is 3.35. The molecule has 0 bridgehead atoms. The van der Waals surface area contributed by atoms with Crippen LogP contribution in [-0.4, -0.2) is 19.3 Å². The minimum Gasteiger partial charge on any atom is -0.399 e. The molecule has 1 aromatic carbocycles. The van der Waals surface area contributed by atoms with E-state index in [4.69, 9.17) is 5.73 Å². The van der Waals surface area contributed by atoms with Crippen molar-refractivity contribution in [1.29, 1.82) is 0 Å². The molecule has 2 heterocycles. The van der Waals surface area contributed by atoms with Gasteiger partial charge in [-0.1, -0.05) is 0 Å². The van der Waals surface area contributed by atoms with E-state index in [1.54, 1.807) is 6.33 Å². The van der Waals surface area contributed by atoms with Crippen molar-refractivity contribution in [1.82, 2.24) is 19.3 Å². The first kappa shape index (κ1) is 9.89. The number of hydrogen-bond donors (Lipinski definition) is 1. The number of nitrogen functional groups attached to an aromatic ring is 1. The molecule has 0 atom stereocenters. The van der Waals surface area contributed by atoms with Crippen LogP contribution in [0.3, 0.4) is 0 Å². The Labute approximate surface area is 98.5 Å². The maximum absolute atomic E-state index is 5.73. The number of fused-ring (bicyclic) bond motifs is 1. The fraction of sp³-hybridized carbons (Fsp3) is 0.167. The highest BCUT2D eigenvalue weighted by Crippen LogP contribution is 2.19. The average Bonchev–Trinajstić information content (AvgIpc) is 2.83. The van der Waals surface area contributed by atoms with Gasteiger partial charge in [0.25, 0.3) is 0 Å². The van der Waals surface area contributed by atoms with Crippen molar-refractivity contribution < 1.29 is 0 Å². The highest BCUT2D eigenvalue weighted by molar-refractivity contribution is 5.80. The molecule has 0 amide bonds. The van der Waals surface area contributed by atoms with E-state index in [0.717, 1.165) is 28.2 Å². The molecule has 2 N–H and O–H groups in total. The summed E-state index contributed by atoms with van der Waals surface area (Å²) in [5.74, 6) is 0.872. The highest BCUT2D eigenvalue weighted by atomic mass is 15.3. The van der Waals surface area contributed by atoms with Gasteiger partial charge in [-0.05, 0) is 25.1 Å². The second-order valence-electron chi connectivity index (χ2n) is 4.13. The Morgan fingerprint density at radius 3 is 2.76 bits per heavy atom. The summed E-state index contributed by atoms with van der Waals surface area (Å²) < 4.78 is 3.81. The number of imidazole rings is 1. The van der Waals surface area contributed by atoms with E-state index in [1.807, 2.05) is 47.5 Å². The predicted molar refractivity (Wildman–Crippen MR) is 67.0 cm³/mol. The molecular formula is C12H13N5.